The number of hydrogen-bond acceptors (Lipinski definition) is 8. The molecule has 0 aromatic carbocycles. The molecule has 0 saturated carbocycles. The maximum absolute atomic E-state index is 12.9. The van der Waals surface area contributed by atoms with E-state index >= 15 is 0 Å². The van der Waals surface area contributed by atoms with Crippen molar-refractivity contribution in [3.63, 3.8) is 0 Å². The second-order valence-corrected chi connectivity index (χ2v) is 20.9. The van der Waals surface area contributed by atoms with Gasteiger partial charge < -0.3 is 33.3 Å². The van der Waals surface area contributed by atoms with Crippen LogP contribution in [0.4, 0.5) is 0 Å². The Bertz CT molecular complexity index is 1980. The second kappa shape index (κ2) is 60.5. The highest BCUT2D eigenvalue weighted by molar-refractivity contribution is 5.70. The highest BCUT2D eigenvalue weighted by atomic mass is 16.7. The third-order valence-corrected chi connectivity index (χ3v) is 12.1. The molecule has 452 valence electrons. The van der Waals surface area contributed by atoms with E-state index in [0.29, 0.717) is 23.9 Å². The molecule has 0 aromatic rings. The maximum atomic E-state index is 12.9. The number of nitrogens with zero attached hydrogens (tertiary/aromatic N) is 1. The fraction of sp³-hybridized carbons (Fsp3) is 0.542. The number of carbonyl (C=O) groups excluding carboxylic acids is 3. The molecular weight excluding hydrogens is 1010 g/mol. The van der Waals surface area contributed by atoms with Crippen LogP contribution in [0.3, 0.4) is 0 Å². The van der Waals surface area contributed by atoms with Crippen LogP contribution in [0.2, 0.25) is 0 Å². The van der Waals surface area contributed by atoms with E-state index in [1.54, 1.807) is 0 Å². The number of carbonyl (C=O) groups is 3. The second-order valence-electron chi connectivity index (χ2n) is 20.9. The van der Waals surface area contributed by atoms with Crippen LogP contribution in [-0.4, -0.2) is 82.3 Å². The van der Waals surface area contributed by atoms with Gasteiger partial charge in [0.2, 0.25) is 0 Å². The number of hydrogen-bond donors (Lipinski definition) is 0. The number of esters is 2. The van der Waals surface area contributed by atoms with Gasteiger partial charge in [-0.05, 0) is 135 Å². The van der Waals surface area contributed by atoms with E-state index in [9.17, 15) is 19.5 Å². The summed E-state index contributed by atoms with van der Waals surface area (Å²) in [7, 11) is 5.89. The van der Waals surface area contributed by atoms with Crippen molar-refractivity contribution in [1.29, 1.82) is 0 Å². The topological polar surface area (TPSA) is 111 Å². The first-order chi connectivity index (χ1) is 39.6. The largest absolute Gasteiger partial charge is 0.545 e. The molecule has 0 aliphatic rings. The molecule has 2 atom stereocenters. The van der Waals surface area contributed by atoms with Gasteiger partial charge in [-0.15, -0.1) is 0 Å². The molecule has 0 amide bonds. The summed E-state index contributed by atoms with van der Waals surface area (Å²) >= 11 is 0. The molecule has 9 heteroatoms. The molecular formula is C72H111NO8. The minimum absolute atomic E-state index is 0.128. The average Bonchev–Trinajstić information content (AvgIpc) is 3.44. The normalized spacial score (nSPS) is 14.0. The highest BCUT2D eigenvalue weighted by Crippen LogP contribution is 2.13. The number of likely N-dealkylation sites (N-methyl/N-ethyl adjacent to an activating group) is 1. The first-order valence-electron chi connectivity index (χ1n) is 30.9. The van der Waals surface area contributed by atoms with Crippen LogP contribution in [0, 0.1) is 0 Å². The SMILES string of the molecule is CC/C=C\C/C=C\C/C=C\C/C=C\C/C=C\C/C=C\C/C=C\C/C=C\C/C=C\C/C=C\C/C=C\CCCCCCCCCC(=O)OC(COC(=O)CCCC/C=C\C/C=C\C/C=C\C/C=C\CC)COC(OCC[N+](C)(C)C)C(=O)[O-]. The van der Waals surface area contributed by atoms with Crippen LogP contribution in [0.25, 0.3) is 0 Å². The molecule has 0 fully saturated rings. The Morgan fingerprint density at radius 1 is 0.370 bits per heavy atom. The van der Waals surface area contributed by atoms with Crippen molar-refractivity contribution >= 4 is 17.9 Å². The van der Waals surface area contributed by atoms with E-state index in [1.165, 1.54) is 12.8 Å². The molecule has 0 bridgehead atoms. The summed E-state index contributed by atoms with van der Waals surface area (Å²) < 4.78 is 22.6. The molecule has 0 radical (unpaired) electrons. The average molecular weight is 1120 g/mol. The van der Waals surface area contributed by atoms with Crippen molar-refractivity contribution in [2.24, 2.45) is 0 Å². The number of carboxylic acid groups (broad SMARTS) is 1. The number of quaternary nitrogens is 1. The fourth-order valence-corrected chi connectivity index (χ4v) is 7.47. The third kappa shape index (κ3) is 61.9. The van der Waals surface area contributed by atoms with Gasteiger partial charge in [0.1, 0.15) is 13.2 Å². The van der Waals surface area contributed by atoms with Gasteiger partial charge in [-0.2, -0.15) is 0 Å². The Balaban J connectivity index is 4.23. The van der Waals surface area contributed by atoms with Crippen molar-refractivity contribution < 1.29 is 42.9 Å². The zero-order valence-electron chi connectivity index (χ0n) is 51.3. The van der Waals surface area contributed by atoms with Crippen LogP contribution in [0.15, 0.2) is 182 Å². The lowest BCUT2D eigenvalue weighted by molar-refractivity contribution is -0.870. The Morgan fingerprint density at radius 2 is 0.667 bits per heavy atom. The molecule has 0 rings (SSSR count). The fourth-order valence-electron chi connectivity index (χ4n) is 7.47. The summed E-state index contributed by atoms with van der Waals surface area (Å²) in [4.78, 5) is 37.2. The van der Waals surface area contributed by atoms with E-state index in [4.69, 9.17) is 18.9 Å². The number of unbranched alkanes of at least 4 members (excludes halogenated alkanes) is 9. The predicted octanol–water partition coefficient (Wildman–Crippen LogP) is 17.6. The third-order valence-electron chi connectivity index (χ3n) is 12.1. The lowest BCUT2D eigenvalue weighted by Gasteiger charge is -2.26. The smallest absolute Gasteiger partial charge is 0.306 e. The van der Waals surface area contributed by atoms with Gasteiger partial charge in [-0.1, -0.05) is 228 Å². The summed E-state index contributed by atoms with van der Waals surface area (Å²) in [6.07, 6.45) is 89.6. The van der Waals surface area contributed by atoms with Crippen molar-refractivity contribution in [2.75, 3.05) is 47.5 Å². The summed E-state index contributed by atoms with van der Waals surface area (Å²) in [5.74, 6) is -2.38. The summed E-state index contributed by atoms with van der Waals surface area (Å²) in [5.41, 5.74) is 0. The van der Waals surface area contributed by atoms with Crippen LogP contribution in [0.1, 0.15) is 194 Å². The van der Waals surface area contributed by atoms with Crippen LogP contribution in [-0.2, 0) is 33.3 Å². The molecule has 2 unspecified atom stereocenters. The number of allylic oxidation sites excluding steroid dienone is 30. The van der Waals surface area contributed by atoms with E-state index < -0.39 is 30.3 Å². The summed E-state index contributed by atoms with van der Waals surface area (Å²) in [5, 5.41) is 11.8. The zero-order valence-corrected chi connectivity index (χ0v) is 51.3. The van der Waals surface area contributed by atoms with Gasteiger partial charge in [0.05, 0.1) is 40.3 Å². The number of carboxylic acids is 1. The zero-order chi connectivity index (χ0) is 59.1. The van der Waals surface area contributed by atoms with Crippen molar-refractivity contribution in [2.45, 2.75) is 206 Å². The van der Waals surface area contributed by atoms with Crippen molar-refractivity contribution in [3.8, 4) is 0 Å². The Morgan fingerprint density at radius 3 is 1.01 bits per heavy atom. The van der Waals surface area contributed by atoms with Gasteiger partial charge in [-0.3, -0.25) is 9.59 Å². The van der Waals surface area contributed by atoms with Gasteiger partial charge in [0, 0.05) is 12.8 Å². The van der Waals surface area contributed by atoms with Gasteiger partial charge in [-0.25, -0.2) is 0 Å². The van der Waals surface area contributed by atoms with E-state index in [0.717, 1.165) is 141 Å². The molecule has 0 aromatic heterocycles. The first-order valence-corrected chi connectivity index (χ1v) is 30.9. The van der Waals surface area contributed by atoms with Crippen LogP contribution in [0.5, 0.6) is 0 Å². The summed E-state index contributed by atoms with van der Waals surface area (Å²) in [6, 6.07) is 0. The minimum Gasteiger partial charge on any atom is -0.545 e. The van der Waals surface area contributed by atoms with Crippen molar-refractivity contribution in [1.82, 2.24) is 0 Å². The van der Waals surface area contributed by atoms with Crippen molar-refractivity contribution in [3.05, 3.63) is 182 Å². The molecule has 81 heavy (non-hydrogen) atoms. The predicted molar refractivity (Wildman–Crippen MR) is 342 cm³/mol. The monoisotopic (exact) mass is 1120 g/mol. The van der Waals surface area contributed by atoms with Crippen LogP contribution < -0.4 is 5.11 Å². The summed E-state index contributed by atoms with van der Waals surface area (Å²) in [6.45, 7) is 4.41. The van der Waals surface area contributed by atoms with E-state index in [-0.39, 0.29) is 32.7 Å². The number of ether oxygens (including phenoxy) is 4. The first kappa shape index (κ1) is 75.4. The van der Waals surface area contributed by atoms with E-state index in [1.807, 2.05) is 21.1 Å². The highest BCUT2D eigenvalue weighted by Gasteiger charge is 2.22. The minimum atomic E-state index is -1.65. The molecule has 0 aliphatic heterocycles. The molecule has 0 aliphatic carbocycles. The number of aliphatic carboxylic acids is 1. The lowest BCUT2D eigenvalue weighted by atomic mass is 10.1. The quantitative estimate of drug-likeness (QED) is 0.0195. The van der Waals surface area contributed by atoms with Gasteiger partial charge in [0.25, 0.3) is 0 Å². The Kier molecular flexibility index (Phi) is 56.3. The van der Waals surface area contributed by atoms with Gasteiger partial charge >= 0.3 is 11.9 Å². The Labute approximate surface area is 494 Å². The molecule has 0 spiro atoms. The molecule has 0 heterocycles. The van der Waals surface area contributed by atoms with Gasteiger partial charge in [0.15, 0.2) is 12.4 Å². The van der Waals surface area contributed by atoms with Crippen LogP contribution >= 0.6 is 0 Å². The Hall–Kier alpha value is -5.61. The molecule has 0 N–H and O–H groups in total. The molecule has 0 saturated heterocycles. The number of rotatable bonds is 54. The van der Waals surface area contributed by atoms with E-state index in [2.05, 4.69) is 196 Å². The standard InChI is InChI=1S/C72H111NO8/c1-6-8-10-12-14-16-18-20-22-23-24-25-26-27-28-29-30-31-32-33-34-35-36-37-38-39-40-41-42-43-44-45-46-47-49-51-53-55-57-59-61-63-70(75)81-68(67-80-72(71(76)77)78-65-64-73(3,4)5)66-79-69(74)62-60-58-56-54-52-50-48-21-19-17-15-13-11-9-7-2/h8-11,14-17,20-22,24-25,27-28,30-31,33-34,36-37,39-40,42-43,45-46,48,52,54,68,72H,6-7,12-13,18-19,23,26,29,32,35,38,41,44,47,49-51,53,55-67H2,1-5H3/b10-8-,11-9-,16-14-,17-15-,22-20-,25-24-,28-27-,31-30-,34-33-,37-36-,40-39-,43-42-,46-45-,48-21-,54-52-. The molecule has 9 nitrogen and oxygen atoms in total. The lowest BCUT2D eigenvalue weighted by Crippen LogP contribution is -2.44. The maximum Gasteiger partial charge on any atom is 0.306 e.